The Morgan fingerprint density at radius 2 is 1.84 bits per heavy atom. The van der Waals surface area contributed by atoms with Crippen LogP contribution in [0.25, 0.3) is 11.5 Å². The maximum absolute atomic E-state index is 14.0. The lowest BCUT2D eigenvalue weighted by Gasteiger charge is -2.25. The normalized spacial score (nSPS) is 16.0. The molecule has 158 valence electrons. The number of halogens is 3. The summed E-state index contributed by atoms with van der Waals surface area (Å²) in [5.74, 6) is -1.89. The zero-order valence-corrected chi connectivity index (χ0v) is 16.0. The molecule has 1 aromatic heterocycles. The number of amides is 2. The fourth-order valence-electron chi connectivity index (χ4n) is 3.91. The monoisotopic (exact) mass is 428 g/mol. The van der Waals surface area contributed by atoms with E-state index in [9.17, 15) is 22.8 Å². The highest BCUT2D eigenvalue weighted by Gasteiger charge is 2.33. The van der Waals surface area contributed by atoms with Gasteiger partial charge in [0, 0.05) is 24.1 Å². The molecule has 7 nitrogen and oxygen atoms in total. The number of hydrogen-bond acceptors (Lipinski definition) is 5. The van der Waals surface area contributed by atoms with Crippen LogP contribution in [0.2, 0.25) is 0 Å². The smallest absolute Gasteiger partial charge is 0.314 e. The van der Waals surface area contributed by atoms with Gasteiger partial charge < -0.3 is 14.2 Å². The van der Waals surface area contributed by atoms with E-state index in [4.69, 9.17) is 4.42 Å². The van der Waals surface area contributed by atoms with Crippen molar-refractivity contribution in [1.82, 2.24) is 10.2 Å². The van der Waals surface area contributed by atoms with Gasteiger partial charge in [0.25, 0.3) is 11.8 Å². The molecule has 31 heavy (non-hydrogen) atoms. The van der Waals surface area contributed by atoms with Crippen LogP contribution in [0.3, 0.4) is 0 Å². The number of fused-ring (bicyclic) bond motifs is 1. The minimum Gasteiger partial charge on any atom is -0.415 e. The summed E-state index contributed by atoms with van der Waals surface area (Å²) in [5.41, 5.74) is 2.16. The van der Waals surface area contributed by atoms with E-state index in [0.717, 1.165) is 0 Å². The van der Waals surface area contributed by atoms with Crippen molar-refractivity contribution >= 4 is 23.2 Å². The van der Waals surface area contributed by atoms with Gasteiger partial charge in [-0.25, -0.2) is 4.39 Å². The number of benzene rings is 2. The minimum absolute atomic E-state index is 0.116. The molecule has 0 unspecified atom stereocenters. The first-order chi connectivity index (χ1) is 14.9. The third-order valence-electron chi connectivity index (χ3n) is 5.38. The number of anilines is 2. The van der Waals surface area contributed by atoms with Gasteiger partial charge in [0.15, 0.2) is 0 Å². The van der Waals surface area contributed by atoms with Crippen molar-refractivity contribution in [2.45, 2.75) is 25.8 Å². The predicted octanol–water partition coefficient (Wildman–Crippen LogP) is 4.10. The van der Waals surface area contributed by atoms with Crippen LogP contribution in [-0.4, -0.2) is 28.6 Å². The van der Waals surface area contributed by atoms with E-state index < -0.39 is 18.1 Å². The Morgan fingerprint density at radius 1 is 1.00 bits per heavy atom. The largest absolute Gasteiger partial charge is 0.415 e. The van der Waals surface area contributed by atoms with Crippen molar-refractivity contribution in [3.05, 3.63) is 59.2 Å². The van der Waals surface area contributed by atoms with Crippen LogP contribution in [-0.2, 0) is 11.3 Å². The maximum atomic E-state index is 14.0. The molecule has 0 atom stereocenters. The number of carbonyl (C=O) groups excluding carboxylic acids is 2. The number of nitrogens with zero attached hydrogens (tertiary/aromatic N) is 4. The molecule has 1 saturated heterocycles. The van der Waals surface area contributed by atoms with E-state index in [1.165, 1.54) is 34.1 Å². The Labute approximate surface area is 174 Å². The van der Waals surface area contributed by atoms with Crippen LogP contribution < -0.4 is 9.80 Å². The Hall–Kier alpha value is -3.69. The molecule has 0 aliphatic carbocycles. The third kappa shape index (κ3) is 3.24. The molecule has 0 bridgehead atoms. The van der Waals surface area contributed by atoms with Gasteiger partial charge in [0.1, 0.15) is 5.82 Å². The lowest BCUT2D eigenvalue weighted by atomic mass is 10.1. The highest BCUT2D eigenvalue weighted by Crippen LogP contribution is 2.38. The lowest BCUT2D eigenvalue weighted by Crippen LogP contribution is -2.29. The van der Waals surface area contributed by atoms with Crippen molar-refractivity contribution in [1.29, 1.82) is 0 Å². The summed E-state index contributed by atoms with van der Waals surface area (Å²) in [5, 5.41) is 6.92. The Kier molecular flexibility index (Phi) is 4.49. The second-order valence-corrected chi connectivity index (χ2v) is 7.29. The second kappa shape index (κ2) is 7.22. The van der Waals surface area contributed by atoms with Gasteiger partial charge in [0.05, 0.1) is 17.9 Å². The minimum atomic E-state index is -2.89. The molecule has 0 spiro atoms. The fourth-order valence-corrected chi connectivity index (χ4v) is 3.91. The zero-order valence-electron chi connectivity index (χ0n) is 16.0. The van der Waals surface area contributed by atoms with E-state index in [0.29, 0.717) is 47.5 Å². The lowest BCUT2D eigenvalue weighted by molar-refractivity contribution is -0.117. The first-order valence-corrected chi connectivity index (χ1v) is 9.59. The Bertz CT molecular complexity index is 1210. The standard InChI is InChI=1S/C21H15F3N4O3/c22-13-5-6-15(16(9-13)27-7-1-2-17(27)29)28-10-12-4-3-11(8-14(12)21(28)30)19-25-26-20(31-19)18(23)24/h3-6,8-9,18H,1-2,7,10H2. The van der Waals surface area contributed by atoms with E-state index >= 15 is 0 Å². The van der Waals surface area contributed by atoms with Crippen molar-refractivity contribution in [3.63, 3.8) is 0 Å². The van der Waals surface area contributed by atoms with Gasteiger partial charge in [-0.15, -0.1) is 10.2 Å². The molecule has 2 amide bonds. The van der Waals surface area contributed by atoms with Crippen LogP contribution in [0.4, 0.5) is 24.5 Å². The quantitative estimate of drug-likeness (QED) is 0.625. The van der Waals surface area contributed by atoms with Crippen LogP contribution in [0.15, 0.2) is 40.8 Å². The average molecular weight is 428 g/mol. The molecule has 0 N–H and O–H groups in total. The third-order valence-corrected chi connectivity index (χ3v) is 5.38. The van der Waals surface area contributed by atoms with Gasteiger partial charge >= 0.3 is 6.43 Å². The SMILES string of the molecule is O=C1CCCN1c1cc(F)ccc1N1Cc2ccc(-c3nnc(C(F)F)o3)cc2C1=O. The highest BCUT2D eigenvalue weighted by molar-refractivity contribution is 6.13. The summed E-state index contributed by atoms with van der Waals surface area (Å²) in [6.45, 7) is 0.680. The molecule has 0 radical (unpaired) electrons. The van der Waals surface area contributed by atoms with E-state index in [-0.39, 0.29) is 24.2 Å². The molecular formula is C21H15F3N4O3. The van der Waals surface area contributed by atoms with Crippen LogP contribution in [0.1, 0.15) is 41.1 Å². The van der Waals surface area contributed by atoms with Crippen molar-refractivity contribution in [3.8, 4) is 11.5 Å². The van der Waals surface area contributed by atoms with Crippen LogP contribution >= 0.6 is 0 Å². The van der Waals surface area contributed by atoms with Crippen molar-refractivity contribution < 1.29 is 27.2 Å². The van der Waals surface area contributed by atoms with E-state index in [2.05, 4.69) is 10.2 Å². The maximum Gasteiger partial charge on any atom is 0.314 e. The molecular weight excluding hydrogens is 413 g/mol. The summed E-state index contributed by atoms with van der Waals surface area (Å²) < 4.78 is 44.4. The number of alkyl halides is 2. The number of aromatic nitrogens is 2. The van der Waals surface area contributed by atoms with Gasteiger partial charge in [-0.3, -0.25) is 9.59 Å². The van der Waals surface area contributed by atoms with Crippen LogP contribution in [0, 0.1) is 5.82 Å². The van der Waals surface area contributed by atoms with Gasteiger partial charge in [-0.1, -0.05) is 6.07 Å². The molecule has 3 aromatic rings. The molecule has 2 aromatic carbocycles. The molecule has 0 saturated carbocycles. The number of rotatable bonds is 4. The van der Waals surface area contributed by atoms with Gasteiger partial charge in [0.2, 0.25) is 11.8 Å². The molecule has 2 aliphatic rings. The van der Waals surface area contributed by atoms with Crippen LogP contribution in [0.5, 0.6) is 0 Å². The molecule has 10 heteroatoms. The molecule has 2 aliphatic heterocycles. The first-order valence-electron chi connectivity index (χ1n) is 9.59. The summed E-state index contributed by atoms with van der Waals surface area (Å²) >= 11 is 0. The van der Waals surface area contributed by atoms with Crippen molar-refractivity contribution in [2.75, 3.05) is 16.3 Å². The zero-order chi connectivity index (χ0) is 21.7. The average Bonchev–Trinajstić information content (AvgIpc) is 3.47. The Morgan fingerprint density at radius 3 is 2.55 bits per heavy atom. The summed E-state index contributed by atoms with van der Waals surface area (Å²) in [7, 11) is 0. The first kappa shape index (κ1) is 19.3. The van der Waals surface area contributed by atoms with E-state index in [1.54, 1.807) is 12.1 Å². The fraction of sp³-hybridized carbons (Fsp3) is 0.238. The summed E-state index contributed by atoms with van der Waals surface area (Å²) in [4.78, 5) is 28.4. The van der Waals surface area contributed by atoms with Gasteiger partial charge in [-0.05, 0) is 42.3 Å². The molecule has 5 rings (SSSR count). The second-order valence-electron chi connectivity index (χ2n) is 7.29. The van der Waals surface area contributed by atoms with Crippen molar-refractivity contribution in [2.24, 2.45) is 0 Å². The molecule has 3 heterocycles. The summed E-state index contributed by atoms with van der Waals surface area (Å²) in [6, 6.07) is 8.77. The highest BCUT2D eigenvalue weighted by atomic mass is 19.3. The Balaban J connectivity index is 1.50. The van der Waals surface area contributed by atoms with Gasteiger partial charge in [-0.2, -0.15) is 8.78 Å². The predicted molar refractivity (Wildman–Crippen MR) is 103 cm³/mol. The molecule has 1 fully saturated rings. The number of hydrogen-bond donors (Lipinski definition) is 0. The topological polar surface area (TPSA) is 79.5 Å². The number of carbonyl (C=O) groups is 2. The summed E-state index contributed by atoms with van der Waals surface area (Å²) in [6.07, 6.45) is -1.85. The van der Waals surface area contributed by atoms with E-state index in [1.807, 2.05) is 0 Å².